The fraction of sp³-hybridized carbons (Fsp3) is 0.385. The number of hydrogen-bond donors (Lipinski definition) is 1. The largest absolute Gasteiger partial charge is 0.347 e. The Morgan fingerprint density at radius 1 is 1.35 bits per heavy atom. The van der Waals surface area contributed by atoms with Gasteiger partial charge in [-0.05, 0) is 29.5 Å². The third-order valence-corrected chi connectivity index (χ3v) is 2.91. The average Bonchev–Trinajstić information content (AvgIpc) is 2.93. The fourth-order valence-electron chi connectivity index (χ4n) is 1.80. The Kier molecular flexibility index (Phi) is 4.41. The first-order valence-electron chi connectivity index (χ1n) is 6.37. The smallest absolute Gasteiger partial charge is 0.238 e. The Hall–Kier alpha value is -2.28. The lowest BCUT2D eigenvalue weighted by atomic mass is 10.3. The average molecular weight is 274 g/mol. The van der Waals surface area contributed by atoms with E-state index in [1.165, 1.54) is 0 Å². The van der Waals surface area contributed by atoms with Gasteiger partial charge in [-0.1, -0.05) is 18.2 Å². The normalized spacial score (nSPS) is 12.2. The molecule has 0 aliphatic heterocycles. The summed E-state index contributed by atoms with van der Waals surface area (Å²) in [6, 6.07) is 9.34. The van der Waals surface area contributed by atoms with Crippen LogP contribution in [0.25, 0.3) is 5.69 Å². The molecule has 0 fully saturated rings. The second-order valence-corrected chi connectivity index (χ2v) is 4.68. The highest BCUT2D eigenvalue weighted by molar-refractivity contribution is 5.80. The molecule has 2 rings (SSSR count). The maximum atomic E-state index is 11.8. The summed E-state index contributed by atoms with van der Waals surface area (Å²) in [6.07, 6.45) is 0. The van der Waals surface area contributed by atoms with Crippen molar-refractivity contribution in [3.8, 4) is 5.69 Å². The van der Waals surface area contributed by atoms with Crippen LogP contribution in [-0.4, -0.2) is 51.2 Å². The first-order valence-corrected chi connectivity index (χ1v) is 6.37. The Morgan fingerprint density at radius 2 is 2.05 bits per heavy atom. The summed E-state index contributed by atoms with van der Waals surface area (Å²) in [4.78, 5) is 13.3. The molecule has 0 radical (unpaired) electrons. The van der Waals surface area contributed by atoms with E-state index < -0.39 is 0 Å². The van der Waals surface area contributed by atoms with Crippen molar-refractivity contribution in [2.75, 3.05) is 14.1 Å². The number of para-hydroxylation sites is 1. The summed E-state index contributed by atoms with van der Waals surface area (Å²) >= 11 is 0. The van der Waals surface area contributed by atoms with Gasteiger partial charge in [0, 0.05) is 14.1 Å². The first-order chi connectivity index (χ1) is 9.59. The lowest BCUT2D eigenvalue weighted by molar-refractivity contribution is -0.130. The molecule has 1 amide bonds. The Bertz CT molecular complexity index is 565. The van der Waals surface area contributed by atoms with Crippen LogP contribution in [0.15, 0.2) is 30.3 Å². The van der Waals surface area contributed by atoms with Gasteiger partial charge in [-0.3, -0.25) is 10.1 Å². The molecule has 0 saturated carbocycles. The number of carbonyl (C=O) groups excluding carboxylic acids is 1. The topological polar surface area (TPSA) is 75.9 Å². The van der Waals surface area contributed by atoms with Crippen molar-refractivity contribution in [2.45, 2.75) is 19.5 Å². The maximum Gasteiger partial charge on any atom is 0.238 e. The molecule has 0 aliphatic carbocycles. The van der Waals surface area contributed by atoms with Crippen LogP contribution < -0.4 is 5.32 Å². The van der Waals surface area contributed by atoms with Gasteiger partial charge >= 0.3 is 0 Å². The summed E-state index contributed by atoms with van der Waals surface area (Å²) in [5.74, 6) is 0.679. The molecule has 20 heavy (non-hydrogen) atoms. The molecule has 1 heterocycles. The summed E-state index contributed by atoms with van der Waals surface area (Å²) in [5.41, 5.74) is 0.890. The number of hydrogen-bond acceptors (Lipinski definition) is 5. The fourth-order valence-corrected chi connectivity index (χ4v) is 1.80. The number of amides is 1. The number of benzene rings is 1. The zero-order valence-corrected chi connectivity index (χ0v) is 11.8. The molecule has 0 bridgehead atoms. The summed E-state index contributed by atoms with van der Waals surface area (Å²) < 4.78 is 1.65. The van der Waals surface area contributed by atoms with Crippen LogP contribution in [0.5, 0.6) is 0 Å². The third kappa shape index (κ3) is 3.18. The van der Waals surface area contributed by atoms with E-state index in [2.05, 4.69) is 20.8 Å². The molecule has 0 saturated heterocycles. The monoisotopic (exact) mass is 274 g/mol. The summed E-state index contributed by atoms with van der Waals surface area (Å²) in [6.45, 7) is 2.24. The standard InChI is InChI=1S/C13H18N6O/c1-10(13(20)18(2)3)14-9-12-15-16-17-19(12)11-7-5-4-6-8-11/h4-8,10,14H,9H2,1-3H3. The van der Waals surface area contributed by atoms with Gasteiger partial charge < -0.3 is 4.90 Å². The van der Waals surface area contributed by atoms with E-state index >= 15 is 0 Å². The predicted octanol–water partition coefficient (Wildman–Crippen LogP) is 0.229. The highest BCUT2D eigenvalue weighted by Gasteiger charge is 2.16. The second kappa shape index (κ2) is 6.25. The molecular formula is C13H18N6O. The van der Waals surface area contributed by atoms with Gasteiger partial charge in [0.25, 0.3) is 0 Å². The zero-order chi connectivity index (χ0) is 14.5. The Labute approximate surface area is 117 Å². The summed E-state index contributed by atoms with van der Waals surface area (Å²) in [7, 11) is 3.46. The van der Waals surface area contributed by atoms with Crippen molar-refractivity contribution in [1.82, 2.24) is 30.4 Å². The minimum Gasteiger partial charge on any atom is -0.347 e. The highest BCUT2D eigenvalue weighted by atomic mass is 16.2. The Morgan fingerprint density at radius 3 is 2.70 bits per heavy atom. The van der Waals surface area contributed by atoms with Crippen molar-refractivity contribution >= 4 is 5.91 Å². The predicted molar refractivity (Wildman–Crippen MR) is 74.1 cm³/mol. The Balaban J connectivity index is 2.05. The van der Waals surface area contributed by atoms with E-state index in [-0.39, 0.29) is 11.9 Å². The molecule has 1 aromatic heterocycles. The molecule has 1 atom stereocenters. The molecule has 0 spiro atoms. The molecule has 106 valence electrons. The number of carbonyl (C=O) groups is 1. The third-order valence-electron chi connectivity index (χ3n) is 2.91. The van der Waals surface area contributed by atoms with Crippen LogP contribution in [0, 0.1) is 0 Å². The van der Waals surface area contributed by atoms with Gasteiger partial charge in [-0.15, -0.1) is 5.10 Å². The van der Waals surface area contributed by atoms with Gasteiger partial charge in [-0.25, -0.2) is 0 Å². The lowest BCUT2D eigenvalue weighted by Crippen LogP contribution is -2.41. The lowest BCUT2D eigenvalue weighted by Gasteiger charge is -2.17. The van der Waals surface area contributed by atoms with E-state index in [4.69, 9.17) is 0 Å². The number of nitrogens with one attached hydrogen (secondary N) is 1. The molecule has 1 aromatic carbocycles. The molecule has 7 heteroatoms. The van der Waals surface area contributed by atoms with Gasteiger partial charge in [-0.2, -0.15) is 4.68 Å². The number of likely N-dealkylation sites (N-methyl/N-ethyl adjacent to an activating group) is 1. The van der Waals surface area contributed by atoms with Crippen molar-refractivity contribution in [3.63, 3.8) is 0 Å². The van der Waals surface area contributed by atoms with Crippen LogP contribution in [0.4, 0.5) is 0 Å². The second-order valence-electron chi connectivity index (χ2n) is 4.68. The van der Waals surface area contributed by atoms with Crippen molar-refractivity contribution < 1.29 is 4.79 Å². The molecular weight excluding hydrogens is 256 g/mol. The SMILES string of the molecule is CC(NCc1nnnn1-c1ccccc1)C(=O)N(C)C. The number of aromatic nitrogens is 4. The van der Waals surface area contributed by atoms with E-state index in [1.807, 2.05) is 37.3 Å². The van der Waals surface area contributed by atoms with Crippen molar-refractivity contribution in [3.05, 3.63) is 36.2 Å². The molecule has 1 N–H and O–H groups in total. The van der Waals surface area contributed by atoms with Gasteiger partial charge in [0.05, 0.1) is 18.3 Å². The molecule has 0 aliphatic rings. The minimum absolute atomic E-state index is 0.0173. The van der Waals surface area contributed by atoms with E-state index in [9.17, 15) is 4.79 Å². The van der Waals surface area contributed by atoms with E-state index in [0.29, 0.717) is 12.4 Å². The van der Waals surface area contributed by atoms with Gasteiger partial charge in [0.1, 0.15) is 0 Å². The number of nitrogens with zero attached hydrogens (tertiary/aromatic N) is 5. The molecule has 1 unspecified atom stereocenters. The van der Waals surface area contributed by atoms with Gasteiger partial charge in [0.2, 0.25) is 5.91 Å². The quantitative estimate of drug-likeness (QED) is 0.844. The van der Waals surface area contributed by atoms with Gasteiger partial charge in [0.15, 0.2) is 5.82 Å². The number of rotatable bonds is 5. The van der Waals surface area contributed by atoms with Crippen LogP contribution in [0.2, 0.25) is 0 Å². The first kappa shape index (κ1) is 14.1. The zero-order valence-electron chi connectivity index (χ0n) is 11.8. The van der Waals surface area contributed by atoms with Crippen LogP contribution in [0.3, 0.4) is 0 Å². The van der Waals surface area contributed by atoms with Crippen molar-refractivity contribution in [2.24, 2.45) is 0 Å². The summed E-state index contributed by atoms with van der Waals surface area (Å²) in [5, 5.41) is 14.8. The van der Waals surface area contributed by atoms with Crippen LogP contribution in [0.1, 0.15) is 12.7 Å². The van der Waals surface area contributed by atoms with E-state index in [0.717, 1.165) is 5.69 Å². The molecule has 2 aromatic rings. The highest BCUT2D eigenvalue weighted by Crippen LogP contribution is 2.06. The minimum atomic E-state index is -0.286. The molecule has 7 nitrogen and oxygen atoms in total. The van der Waals surface area contributed by atoms with Crippen LogP contribution >= 0.6 is 0 Å². The maximum absolute atomic E-state index is 11.8. The number of tetrazole rings is 1. The van der Waals surface area contributed by atoms with E-state index in [1.54, 1.807) is 23.7 Å². The van der Waals surface area contributed by atoms with Crippen molar-refractivity contribution in [1.29, 1.82) is 0 Å². The van der Waals surface area contributed by atoms with Crippen LogP contribution in [-0.2, 0) is 11.3 Å².